The fraction of sp³-hybridized carbons (Fsp3) is 0.500. The predicted molar refractivity (Wildman–Crippen MR) is 78.5 cm³/mol. The van der Waals surface area contributed by atoms with Gasteiger partial charge in [-0.1, -0.05) is 24.6 Å². The van der Waals surface area contributed by atoms with E-state index in [1.165, 1.54) is 0 Å². The van der Waals surface area contributed by atoms with E-state index in [9.17, 15) is 4.39 Å². The lowest BCUT2D eigenvalue weighted by atomic mass is 9.95. The normalized spacial score (nSPS) is 14.7. The Kier molecular flexibility index (Phi) is 6.27. The van der Waals surface area contributed by atoms with Crippen LogP contribution in [-0.4, -0.2) is 19.1 Å². The van der Waals surface area contributed by atoms with Crippen molar-refractivity contribution in [1.82, 2.24) is 5.32 Å². The number of nitrogens with one attached hydrogen (secondary N) is 1. The number of hydrogen-bond donors (Lipinski definition) is 1. The summed E-state index contributed by atoms with van der Waals surface area (Å²) in [5.74, 6) is 0.966. The van der Waals surface area contributed by atoms with Gasteiger partial charge in [0.2, 0.25) is 0 Å². The fourth-order valence-corrected chi connectivity index (χ4v) is 3.08. The van der Waals surface area contributed by atoms with Crippen molar-refractivity contribution in [3.8, 4) is 0 Å². The van der Waals surface area contributed by atoms with Crippen LogP contribution < -0.4 is 5.32 Å². The Bertz CT molecular complexity index is 389. The van der Waals surface area contributed by atoms with Crippen LogP contribution >= 0.6 is 39.3 Å². The molecule has 0 aromatic heterocycles. The van der Waals surface area contributed by atoms with E-state index in [-0.39, 0.29) is 16.9 Å². The van der Waals surface area contributed by atoms with Crippen LogP contribution in [0.25, 0.3) is 0 Å². The molecule has 0 heterocycles. The molecular weight excluding hydrogens is 325 g/mol. The summed E-state index contributed by atoms with van der Waals surface area (Å²) in [5.41, 5.74) is 0.627. The molecule has 0 amide bonds. The van der Waals surface area contributed by atoms with E-state index in [1.54, 1.807) is 23.9 Å². The smallest absolute Gasteiger partial charge is 0.147 e. The van der Waals surface area contributed by atoms with Gasteiger partial charge >= 0.3 is 0 Å². The van der Waals surface area contributed by atoms with Crippen LogP contribution in [0.1, 0.15) is 18.5 Å². The van der Waals surface area contributed by atoms with E-state index in [1.807, 2.05) is 13.3 Å². The fourth-order valence-electron chi connectivity index (χ4n) is 1.89. The largest absolute Gasteiger partial charge is 0.313 e. The zero-order valence-corrected chi connectivity index (χ0v) is 13.2. The molecule has 0 saturated carbocycles. The maximum atomic E-state index is 14.1. The first kappa shape index (κ1) is 15.3. The highest BCUT2D eigenvalue weighted by Crippen LogP contribution is 2.33. The number of thioether (sulfide) groups is 1. The number of halogens is 3. The third-order valence-corrected chi connectivity index (χ3v) is 4.83. The molecule has 1 aromatic carbocycles. The van der Waals surface area contributed by atoms with Crippen molar-refractivity contribution < 1.29 is 4.39 Å². The molecule has 2 atom stereocenters. The second kappa shape index (κ2) is 6.98. The van der Waals surface area contributed by atoms with Crippen molar-refractivity contribution in [2.45, 2.75) is 13.0 Å². The topological polar surface area (TPSA) is 12.0 Å². The van der Waals surface area contributed by atoms with Crippen molar-refractivity contribution in [2.75, 3.05) is 19.1 Å². The summed E-state index contributed by atoms with van der Waals surface area (Å²) in [5, 5.41) is 3.32. The Hall–Kier alpha value is 0.230. The zero-order chi connectivity index (χ0) is 13.0. The number of hydrogen-bond acceptors (Lipinski definition) is 2. The minimum atomic E-state index is -0.339. The van der Waals surface area contributed by atoms with Gasteiger partial charge < -0.3 is 5.32 Å². The average molecular weight is 341 g/mol. The third kappa shape index (κ3) is 3.60. The van der Waals surface area contributed by atoms with Crippen LogP contribution in [0.15, 0.2) is 16.6 Å². The lowest BCUT2D eigenvalue weighted by molar-refractivity contribution is 0.430. The van der Waals surface area contributed by atoms with Gasteiger partial charge in [-0.2, -0.15) is 11.8 Å². The first-order valence-corrected chi connectivity index (χ1v) is 7.89. The summed E-state index contributed by atoms with van der Waals surface area (Å²) in [6.07, 6.45) is 2.05. The highest BCUT2D eigenvalue weighted by atomic mass is 79.9. The average Bonchev–Trinajstić information content (AvgIpc) is 2.30. The summed E-state index contributed by atoms with van der Waals surface area (Å²) in [6, 6.07) is 3.55. The van der Waals surface area contributed by atoms with E-state index in [0.29, 0.717) is 16.0 Å². The zero-order valence-electron chi connectivity index (χ0n) is 10.1. The van der Waals surface area contributed by atoms with E-state index in [0.717, 1.165) is 5.75 Å². The Balaban J connectivity index is 3.08. The molecule has 0 aliphatic carbocycles. The molecule has 1 N–H and O–H groups in total. The Morgan fingerprint density at radius 2 is 2.18 bits per heavy atom. The summed E-state index contributed by atoms with van der Waals surface area (Å²) >= 11 is 10.9. The molecule has 1 aromatic rings. The van der Waals surface area contributed by atoms with Crippen LogP contribution in [0.3, 0.4) is 0 Å². The standard InChI is InChI=1S/C12H16BrClFNS/c1-7(6-17-3)12(16-2)8-4-5-9(13)10(14)11(8)15/h4-5,7,12,16H,6H2,1-3H3. The Morgan fingerprint density at radius 1 is 1.53 bits per heavy atom. The summed E-state index contributed by atoms with van der Waals surface area (Å²) in [7, 11) is 1.84. The molecule has 0 aliphatic heterocycles. The monoisotopic (exact) mass is 339 g/mol. The van der Waals surface area contributed by atoms with Gasteiger partial charge in [-0.3, -0.25) is 0 Å². The van der Waals surface area contributed by atoms with Gasteiger partial charge in [0.15, 0.2) is 0 Å². The molecule has 1 rings (SSSR count). The Labute approximate surface area is 120 Å². The highest BCUT2D eigenvalue weighted by molar-refractivity contribution is 9.10. The summed E-state index contributed by atoms with van der Waals surface area (Å²) in [6.45, 7) is 2.10. The van der Waals surface area contributed by atoms with Crippen molar-refractivity contribution in [3.05, 3.63) is 33.0 Å². The van der Waals surface area contributed by atoms with Gasteiger partial charge in [0.1, 0.15) is 5.82 Å². The quantitative estimate of drug-likeness (QED) is 0.792. The van der Waals surface area contributed by atoms with E-state index < -0.39 is 0 Å². The molecule has 0 aliphatic rings. The second-order valence-electron chi connectivity index (χ2n) is 3.96. The molecular formula is C12H16BrClFNS. The molecule has 0 fully saturated rings. The lowest BCUT2D eigenvalue weighted by Gasteiger charge is -2.24. The van der Waals surface area contributed by atoms with Crippen LogP contribution in [0.2, 0.25) is 5.02 Å². The van der Waals surface area contributed by atoms with Crippen molar-refractivity contribution >= 4 is 39.3 Å². The molecule has 0 spiro atoms. The molecule has 0 radical (unpaired) electrons. The SMILES string of the molecule is CNC(c1ccc(Br)c(Cl)c1F)C(C)CSC. The van der Waals surface area contributed by atoms with Gasteiger partial charge in [-0.05, 0) is 47.0 Å². The maximum absolute atomic E-state index is 14.1. The van der Waals surface area contributed by atoms with Crippen molar-refractivity contribution in [1.29, 1.82) is 0 Å². The molecule has 1 nitrogen and oxygen atoms in total. The van der Waals surface area contributed by atoms with Gasteiger partial charge in [-0.25, -0.2) is 4.39 Å². The predicted octanol–water partition coefficient (Wildman–Crippen LogP) is 4.50. The van der Waals surface area contributed by atoms with E-state index in [2.05, 4.69) is 28.2 Å². The first-order valence-electron chi connectivity index (χ1n) is 5.32. The van der Waals surface area contributed by atoms with E-state index >= 15 is 0 Å². The second-order valence-corrected chi connectivity index (χ2v) is 6.11. The van der Waals surface area contributed by atoms with Gasteiger partial charge in [0.25, 0.3) is 0 Å². The lowest BCUT2D eigenvalue weighted by Crippen LogP contribution is -2.26. The molecule has 0 bridgehead atoms. The minimum absolute atomic E-state index is 0.0203. The van der Waals surface area contributed by atoms with Crippen LogP contribution in [0.5, 0.6) is 0 Å². The number of rotatable bonds is 5. The Morgan fingerprint density at radius 3 is 2.71 bits per heavy atom. The van der Waals surface area contributed by atoms with Gasteiger partial charge in [-0.15, -0.1) is 0 Å². The third-order valence-electron chi connectivity index (χ3n) is 2.71. The van der Waals surface area contributed by atoms with Gasteiger partial charge in [0.05, 0.1) is 5.02 Å². The van der Waals surface area contributed by atoms with Gasteiger partial charge in [0, 0.05) is 16.1 Å². The molecule has 17 heavy (non-hydrogen) atoms. The minimum Gasteiger partial charge on any atom is -0.313 e. The number of benzene rings is 1. The first-order chi connectivity index (χ1) is 8.02. The maximum Gasteiger partial charge on any atom is 0.147 e. The van der Waals surface area contributed by atoms with Crippen LogP contribution in [0, 0.1) is 11.7 Å². The highest BCUT2D eigenvalue weighted by Gasteiger charge is 2.22. The molecule has 2 unspecified atom stereocenters. The molecule has 5 heteroatoms. The van der Waals surface area contributed by atoms with Crippen LogP contribution in [0.4, 0.5) is 4.39 Å². The van der Waals surface area contributed by atoms with Crippen LogP contribution in [-0.2, 0) is 0 Å². The molecule has 96 valence electrons. The summed E-state index contributed by atoms with van der Waals surface area (Å²) in [4.78, 5) is 0. The van der Waals surface area contributed by atoms with E-state index in [4.69, 9.17) is 11.6 Å². The summed E-state index contributed by atoms with van der Waals surface area (Å²) < 4.78 is 14.7. The molecule has 0 saturated heterocycles. The van der Waals surface area contributed by atoms with Crippen molar-refractivity contribution in [3.63, 3.8) is 0 Å². The van der Waals surface area contributed by atoms with Crippen molar-refractivity contribution in [2.24, 2.45) is 5.92 Å².